The van der Waals surface area contributed by atoms with E-state index in [4.69, 9.17) is 16.7 Å². The SMILES string of the molecule is CN(CCC(=O)O)C(=O)NC1CCN(c2ccc(Cl)cc2)C1=O. The van der Waals surface area contributed by atoms with Crippen LogP contribution in [0.5, 0.6) is 0 Å². The lowest BCUT2D eigenvalue weighted by Gasteiger charge is -2.20. The van der Waals surface area contributed by atoms with Gasteiger partial charge in [-0.15, -0.1) is 0 Å². The van der Waals surface area contributed by atoms with Crippen LogP contribution in [0.25, 0.3) is 0 Å². The molecule has 1 fully saturated rings. The van der Waals surface area contributed by atoms with Crippen LogP contribution >= 0.6 is 11.6 Å². The van der Waals surface area contributed by atoms with Crippen LogP contribution < -0.4 is 10.2 Å². The zero-order valence-electron chi connectivity index (χ0n) is 12.7. The minimum Gasteiger partial charge on any atom is -0.481 e. The van der Waals surface area contributed by atoms with Crippen molar-refractivity contribution >= 4 is 35.2 Å². The first-order chi connectivity index (χ1) is 10.9. The largest absolute Gasteiger partial charge is 0.481 e. The number of halogens is 1. The van der Waals surface area contributed by atoms with Crippen LogP contribution in [0.4, 0.5) is 10.5 Å². The molecule has 0 saturated carbocycles. The molecule has 2 rings (SSSR count). The number of anilines is 1. The van der Waals surface area contributed by atoms with E-state index in [1.165, 1.54) is 11.9 Å². The highest BCUT2D eigenvalue weighted by atomic mass is 35.5. The van der Waals surface area contributed by atoms with Crippen LogP contribution in [0.3, 0.4) is 0 Å². The Labute approximate surface area is 138 Å². The van der Waals surface area contributed by atoms with Crippen molar-refractivity contribution < 1.29 is 19.5 Å². The van der Waals surface area contributed by atoms with Crippen molar-refractivity contribution in [2.24, 2.45) is 0 Å². The number of nitrogens with one attached hydrogen (secondary N) is 1. The number of carboxylic acids is 1. The Bertz CT molecular complexity index is 605. The molecule has 1 aromatic carbocycles. The number of nitrogens with zero attached hydrogens (tertiary/aromatic N) is 2. The van der Waals surface area contributed by atoms with Gasteiger partial charge < -0.3 is 20.2 Å². The van der Waals surface area contributed by atoms with Gasteiger partial charge >= 0.3 is 12.0 Å². The molecule has 7 nitrogen and oxygen atoms in total. The van der Waals surface area contributed by atoms with Crippen molar-refractivity contribution in [1.82, 2.24) is 10.2 Å². The van der Waals surface area contributed by atoms with E-state index in [1.807, 2.05) is 0 Å². The van der Waals surface area contributed by atoms with Crippen LogP contribution in [0.15, 0.2) is 24.3 Å². The maximum Gasteiger partial charge on any atom is 0.317 e. The first kappa shape index (κ1) is 17.1. The number of aliphatic carboxylic acids is 1. The molecule has 0 aromatic heterocycles. The summed E-state index contributed by atoms with van der Waals surface area (Å²) >= 11 is 5.83. The molecule has 3 amide bonds. The highest BCUT2D eigenvalue weighted by Gasteiger charge is 2.34. The summed E-state index contributed by atoms with van der Waals surface area (Å²) in [7, 11) is 1.49. The maximum absolute atomic E-state index is 12.4. The minimum atomic E-state index is -0.976. The molecule has 2 N–H and O–H groups in total. The van der Waals surface area contributed by atoms with E-state index in [9.17, 15) is 14.4 Å². The lowest BCUT2D eigenvalue weighted by atomic mass is 10.2. The van der Waals surface area contributed by atoms with Crippen LogP contribution in [-0.4, -0.2) is 54.1 Å². The standard InChI is InChI=1S/C15H18ClN3O4/c1-18(8-7-13(20)21)15(23)17-12-6-9-19(14(12)22)11-4-2-10(16)3-5-11/h2-5,12H,6-9H2,1H3,(H,17,23)(H,20,21). The smallest absolute Gasteiger partial charge is 0.317 e. The molecule has 23 heavy (non-hydrogen) atoms. The van der Waals surface area contributed by atoms with E-state index in [-0.39, 0.29) is 18.9 Å². The van der Waals surface area contributed by atoms with Gasteiger partial charge in [-0.05, 0) is 30.7 Å². The predicted octanol–water partition coefficient (Wildman–Crippen LogP) is 1.56. The van der Waals surface area contributed by atoms with Crippen LogP contribution in [0.2, 0.25) is 5.02 Å². The fraction of sp³-hybridized carbons (Fsp3) is 0.400. The molecule has 1 aliphatic heterocycles. The molecule has 1 saturated heterocycles. The third-order valence-electron chi connectivity index (χ3n) is 3.65. The molecule has 0 aliphatic carbocycles. The average Bonchev–Trinajstić information content (AvgIpc) is 2.86. The summed E-state index contributed by atoms with van der Waals surface area (Å²) in [6.45, 7) is 0.591. The molecule has 1 aliphatic rings. The molecule has 0 spiro atoms. The minimum absolute atomic E-state index is 0.0863. The number of carbonyl (C=O) groups is 3. The van der Waals surface area contributed by atoms with E-state index in [0.29, 0.717) is 18.0 Å². The van der Waals surface area contributed by atoms with Gasteiger partial charge in [0.05, 0.1) is 6.42 Å². The van der Waals surface area contributed by atoms with E-state index < -0.39 is 18.0 Å². The highest BCUT2D eigenvalue weighted by molar-refractivity contribution is 6.30. The van der Waals surface area contributed by atoms with Crippen molar-refractivity contribution in [2.45, 2.75) is 18.9 Å². The Morgan fingerprint density at radius 3 is 2.65 bits per heavy atom. The van der Waals surface area contributed by atoms with Crippen LogP contribution in [-0.2, 0) is 9.59 Å². The van der Waals surface area contributed by atoms with Gasteiger partial charge in [0.1, 0.15) is 6.04 Å². The summed E-state index contributed by atoms with van der Waals surface area (Å²) in [6.07, 6.45) is 0.361. The summed E-state index contributed by atoms with van der Waals surface area (Å²) in [5.74, 6) is -1.16. The van der Waals surface area contributed by atoms with Gasteiger partial charge in [0, 0.05) is 30.8 Å². The fourth-order valence-electron chi connectivity index (χ4n) is 2.32. The molecule has 0 radical (unpaired) electrons. The third kappa shape index (κ3) is 4.35. The first-order valence-electron chi connectivity index (χ1n) is 7.19. The normalized spacial score (nSPS) is 17.2. The summed E-state index contributed by atoms with van der Waals surface area (Å²) in [6, 6.07) is 5.85. The second-order valence-electron chi connectivity index (χ2n) is 5.32. The zero-order valence-corrected chi connectivity index (χ0v) is 13.4. The Morgan fingerprint density at radius 1 is 1.39 bits per heavy atom. The monoisotopic (exact) mass is 339 g/mol. The summed E-state index contributed by atoms with van der Waals surface area (Å²) in [5, 5.41) is 11.9. The van der Waals surface area contributed by atoms with E-state index in [2.05, 4.69) is 5.32 Å². The molecule has 0 bridgehead atoms. The molecule has 1 heterocycles. The maximum atomic E-state index is 12.4. The van der Waals surface area contributed by atoms with Gasteiger partial charge in [0.2, 0.25) is 5.91 Å². The molecule has 124 valence electrons. The van der Waals surface area contributed by atoms with Gasteiger partial charge in [-0.25, -0.2) is 4.79 Å². The van der Waals surface area contributed by atoms with E-state index in [0.717, 1.165) is 5.69 Å². The van der Waals surface area contributed by atoms with Crippen LogP contribution in [0.1, 0.15) is 12.8 Å². The Hall–Kier alpha value is -2.28. The number of benzene rings is 1. The van der Waals surface area contributed by atoms with Crippen molar-refractivity contribution in [3.8, 4) is 0 Å². The number of hydrogen-bond donors (Lipinski definition) is 2. The lowest BCUT2D eigenvalue weighted by Crippen LogP contribution is -2.47. The number of amides is 3. The number of hydrogen-bond acceptors (Lipinski definition) is 3. The molecule has 1 unspecified atom stereocenters. The van der Waals surface area contributed by atoms with Gasteiger partial charge in [-0.3, -0.25) is 9.59 Å². The highest BCUT2D eigenvalue weighted by Crippen LogP contribution is 2.23. The first-order valence-corrected chi connectivity index (χ1v) is 7.56. The summed E-state index contributed by atoms with van der Waals surface area (Å²) in [4.78, 5) is 37.7. The molecular weight excluding hydrogens is 322 g/mol. The Kier molecular flexibility index (Phi) is 5.44. The van der Waals surface area contributed by atoms with Crippen molar-refractivity contribution in [1.29, 1.82) is 0 Å². The van der Waals surface area contributed by atoms with Gasteiger partial charge in [0.25, 0.3) is 0 Å². The van der Waals surface area contributed by atoms with Crippen molar-refractivity contribution in [2.75, 3.05) is 25.0 Å². The molecule has 1 atom stereocenters. The van der Waals surface area contributed by atoms with Gasteiger partial charge in [0.15, 0.2) is 0 Å². The fourth-order valence-corrected chi connectivity index (χ4v) is 2.44. The Balaban J connectivity index is 1.92. The second kappa shape index (κ2) is 7.32. The summed E-state index contributed by atoms with van der Waals surface area (Å²) < 4.78 is 0. The zero-order chi connectivity index (χ0) is 17.0. The second-order valence-corrected chi connectivity index (χ2v) is 5.76. The van der Waals surface area contributed by atoms with Gasteiger partial charge in [-0.1, -0.05) is 11.6 Å². The molecule has 1 aromatic rings. The quantitative estimate of drug-likeness (QED) is 0.852. The van der Waals surface area contributed by atoms with Crippen molar-refractivity contribution in [3.63, 3.8) is 0 Å². The van der Waals surface area contributed by atoms with Crippen molar-refractivity contribution in [3.05, 3.63) is 29.3 Å². The number of carboxylic acid groups (broad SMARTS) is 1. The third-order valence-corrected chi connectivity index (χ3v) is 3.90. The average molecular weight is 340 g/mol. The molecular formula is C15H18ClN3O4. The topological polar surface area (TPSA) is 89.9 Å². The Morgan fingerprint density at radius 2 is 2.04 bits per heavy atom. The lowest BCUT2D eigenvalue weighted by molar-refractivity contribution is -0.137. The van der Waals surface area contributed by atoms with Gasteiger partial charge in [-0.2, -0.15) is 0 Å². The summed E-state index contributed by atoms with van der Waals surface area (Å²) in [5.41, 5.74) is 0.732. The number of urea groups is 1. The predicted molar refractivity (Wildman–Crippen MR) is 85.6 cm³/mol. The van der Waals surface area contributed by atoms with E-state index >= 15 is 0 Å². The van der Waals surface area contributed by atoms with E-state index in [1.54, 1.807) is 29.2 Å². The van der Waals surface area contributed by atoms with Crippen LogP contribution in [0, 0.1) is 0 Å². The number of rotatable bonds is 5. The molecule has 8 heteroatoms. The number of carbonyl (C=O) groups excluding carboxylic acids is 2.